The van der Waals surface area contributed by atoms with Crippen molar-refractivity contribution in [3.8, 4) is 5.75 Å². The standard InChI is InChI=1S/C18H20FNO/c1-3-20-18(15-11-14(19)9-8-12(15)2)17-10-13-6-4-5-7-16(13)21-17/h4-9,11,17-18,20H,3,10H2,1-2H3. The Morgan fingerprint density at radius 3 is 2.86 bits per heavy atom. The first-order valence-electron chi connectivity index (χ1n) is 7.43. The predicted octanol–water partition coefficient (Wildman–Crippen LogP) is 3.79. The Balaban J connectivity index is 1.91. The van der Waals surface area contributed by atoms with Crippen LogP contribution in [0.3, 0.4) is 0 Å². The van der Waals surface area contributed by atoms with Crippen molar-refractivity contribution in [2.45, 2.75) is 32.4 Å². The Hall–Kier alpha value is -1.87. The van der Waals surface area contributed by atoms with Gasteiger partial charge in [0.25, 0.3) is 0 Å². The topological polar surface area (TPSA) is 21.3 Å². The molecule has 3 rings (SSSR count). The monoisotopic (exact) mass is 285 g/mol. The number of hydrogen-bond acceptors (Lipinski definition) is 2. The summed E-state index contributed by atoms with van der Waals surface area (Å²) >= 11 is 0. The molecule has 1 heterocycles. The van der Waals surface area contributed by atoms with Gasteiger partial charge in [0.2, 0.25) is 0 Å². The average molecular weight is 285 g/mol. The van der Waals surface area contributed by atoms with Gasteiger partial charge in [-0.25, -0.2) is 4.39 Å². The van der Waals surface area contributed by atoms with Gasteiger partial charge in [0.05, 0.1) is 6.04 Å². The van der Waals surface area contributed by atoms with Gasteiger partial charge in [0, 0.05) is 6.42 Å². The van der Waals surface area contributed by atoms with E-state index in [-0.39, 0.29) is 18.0 Å². The molecule has 21 heavy (non-hydrogen) atoms. The van der Waals surface area contributed by atoms with Gasteiger partial charge in [0.15, 0.2) is 0 Å². The first-order chi connectivity index (χ1) is 10.2. The lowest BCUT2D eigenvalue weighted by molar-refractivity contribution is 0.179. The third-order valence-electron chi connectivity index (χ3n) is 4.04. The molecule has 1 aliphatic rings. The van der Waals surface area contributed by atoms with Crippen molar-refractivity contribution < 1.29 is 9.13 Å². The minimum absolute atomic E-state index is 0.00176. The minimum atomic E-state index is -0.200. The normalized spacial score (nSPS) is 18.1. The minimum Gasteiger partial charge on any atom is -0.488 e. The van der Waals surface area contributed by atoms with Crippen molar-refractivity contribution in [3.05, 3.63) is 65.0 Å². The molecule has 0 aliphatic carbocycles. The number of fused-ring (bicyclic) bond motifs is 1. The zero-order chi connectivity index (χ0) is 14.8. The molecule has 110 valence electrons. The van der Waals surface area contributed by atoms with Crippen molar-refractivity contribution in [1.82, 2.24) is 5.32 Å². The van der Waals surface area contributed by atoms with Crippen LogP contribution in [-0.4, -0.2) is 12.6 Å². The van der Waals surface area contributed by atoms with Crippen LogP contribution in [0.4, 0.5) is 4.39 Å². The molecule has 0 saturated carbocycles. The van der Waals surface area contributed by atoms with E-state index in [0.29, 0.717) is 0 Å². The van der Waals surface area contributed by atoms with E-state index in [1.54, 1.807) is 6.07 Å². The van der Waals surface area contributed by atoms with E-state index in [0.717, 1.165) is 29.8 Å². The van der Waals surface area contributed by atoms with Gasteiger partial charge in [0.1, 0.15) is 17.7 Å². The quantitative estimate of drug-likeness (QED) is 0.923. The summed E-state index contributed by atoms with van der Waals surface area (Å²) in [6.07, 6.45) is 0.854. The Morgan fingerprint density at radius 2 is 2.10 bits per heavy atom. The molecular weight excluding hydrogens is 265 g/mol. The van der Waals surface area contributed by atoms with Crippen LogP contribution in [0.15, 0.2) is 42.5 Å². The maximum atomic E-state index is 13.6. The van der Waals surface area contributed by atoms with Gasteiger partial charge in [-0.15, -0.1) is 0 Å². The summed E-state index contributed by atoms with van der Waals surface area (Å²) in [5, 5.41) is 3.45. The number of ether oxygens (including phenoxy) is 1. The second-order valence-electron chi connectivity index (χ2n) is 5.50. The van der Waals surface area contributed by atoms with Gasteiger partial charge >= 0.3 is 0 Å². The summed E-state index contributed by atoms with van der Waals surface area (Å²) < 4.78 is 19.7. The summed E-state index contributed by atoms with van der Waals surface area (Å²) in [4.78, 5) is 0. The Bertz CT molecular complexity index is 616. The predicted molar refractivity (Wildman–Crippen MR) is 82.1 cm³/mol. The molecule has 2 nitrogen and oxygen atoms in total. The van der Waals surface area contributed by atoms with Gasteiger partial charge < -0.3 is 10.1 Å². The number of benzene rings is 2. The van der Waals surface area contributed by atoms with Gasteiger partial charge in [-0.1, -0.05) is 31.2 Å². The molecule has 0 spiro atoms. The van der Waals surface area contributed by atoms with Crippen molar-refractivity contribution in [2.24, 2.45) is 0 Å². The second kappa shape index (κ2) is 5.86. The summed E-state index contributed by atoms with van der Waals surface area (Å²) in [6.45, 7) is 4.89. The van der Waals surface area contributed by atoms with E-state index in [2.05, 4.69) is 18.3 Å². The Morgan fingerprint density at radius 1 is 1.29 bits per heavy atom. The zero-order valence-corrected chi connectivity index (χ0v) is 12.4. The third-order valence-corrected chi connectivity index (χ3v) is 4.04. The Labute approximate surface area is 125 Å². The van der Waals surface area contributed by atoms with Crippen LogP contribution in [0.5, 0.6) is 5.75 Å². The van der Waals surface area contributed by atoms with Crippen LogP contribution in [0.1, 0.15) is 29.7 Å². The molecule has 2 aromatic rings. The number of aryl methyl sites for hydroxylation is 1. The van der Waals surface area contributed by atoms with E-state index in [1.165, 1.54) is 11.6 Å². The van der Waals surface area contributed by atoms with E-state index in [4.69, 9.17) is 4.74 Å². The fraction of sp³-hybridized carbons (Fsp3) is 0.333. The van der Waals surface area contributed by atoms with Crippen LogP contribution in [0.2, 0.25) is 0 Å². The van der Waals surface area contributed by atoms with Crippen molar-refractivity contribution in [1.29, 1.82) is 0 Å². The molecule has 0 amide bonds. The number of nitrogens with one attached hydrogen (secondary N) is 1. The van der Waals surface area contributed by atoms with E-state index in [1.807, 2.05) is 31.2 Å². The fourth-order valence-corrected chi connectivity index (χ4v) is 3.00. The first-order valence-corrected chi connectivity index (χ1v) is 7.43. The highest BCUT2D eigenvalue weighted by molar-refractivity contribution is 5.39. The fourth-order valence-electron chi connectivity index (χ4n) is 3.00. The zero-order valence-electron chi connectivity index (χ0n) is 12.4. The number of hydrogen-bond donors (Lipinski definition) is 1. The van der Waals surface area contributed by atoms with Gasteiger partial charge in [-0.2, -0.15) is 0 Å². The molecule has 0 radical (unpaired) electrons. The maximum Gasteiger partial charge on any atom is 0.123 e. The molecule has 2 atom stereocenters. The molecule has 0 saturated heterocycles. The second-order valence-corrected chi connectivity index (χ2v) is 5.50. The number of para-hydroxylation sites is 1. The molecule has 1 N–H and O–H groups in total. The van der Waals surface area contributed by atoms with Crippen LogP contribution < -0.4 is 10.1 Å². The molecule has 0 fully saturated rings. The highest BCUT2D eigenvalue weighted by Crippen LogP contribution is 2.35. The van der Waals surface area contributed by atoms with Crippen molar-refractivity contribution in [3.63, 3.8) is 0 Å². The molecule has 1 aliphatic heterocycles. The average Bonchev–Trinajstić information content (AvgIpc) is 2.91. The molecular formula is C18H20FNO. The Kier molecular flexibility index (Phi) is 3.93. The molecule has 3 heteroatoms. The summed E-state index contributed by atoms with van der Waals surface area (Å²) in [6, 6.07) is 13.1. The lowest BCUT2D eigenvalue weighted by atomic mass is 9.94. The number of likely N-dealkylation sites (N-methyl/N-ethyl adjacent to an activating group) is 1. The van der Waals surface area contributed by atoms with Crippen LogP contribution in [0, 0.1) is 12.7 Å². The van der Waals surface area contributed by atoms with E-state index >= 15 is 0 Å². The summed E-state index contributed by atoms with van der Waals surface area (Å²) in [5.41, 5.74) is 3.29. The lowest BCUT2D eigenvalue weighted by Gasteiger charge is -2.26. The number of halogens is 1. The van der Waals surface area contributed by atoms with Crippen LogP contribution in [0.25, 0.3) is 0 Å². The van der Waals surface area contributed by atoms with Crippen molar-refractivity contribution >= 4 is 0 Å². The molecule has 2 unspecified atom stereocenters. The van der Waals surface area contributed by atoms with Gasteiger partial charge in [-0.05, 0) is 48.4 Å². The van der Waals surface area contributed by atoms with E-state index < -0.39 is 0 Å². The van der Waals surface area contributed by atoms with Crippen LogP contribution in [-0.2, 0) is 6.42 Å². The largest absolute Gasteiger partial charge is 0.488 e. The molecule has 2 aromatic carbocycles. The highest BCUT2D eigenvalue weighted by Gasteiger charge is 2.31. The lowest BCUT2D eigenvalue weighted by Crippen LogP contribution is -2.35. The van der Waals surface area contributed by atoms with E-state index in [9.17, 15) is 4.39 Å². The van der Waals surface area contributed by atoms with Crippen molar-refractivity contribution in [2.75, 3.05) is 6.54 Å². The maximum absolute atomic E-state index is 13.6. The summed E-state index contributed by atoms with van der Waals surface area (Å²) in [7, 11) is 0. The summed E-state index contributed by atoms with van der Waals surface area (Å²) in [5.74, 6) is 0.744. The third kappa shape index (κ3) is 2.79. The smallest absolute Gasteiger partial charge is 0.123 e. The first kappa shape index (κ1) is 14.1. The highest BCUT2D eigenvalue weighted by atomic mass is 19.1. The number of rotatable bonds is 4. The van der Waals surface area contributed by atoms with Crippen LogP contribution >= 0.6 is 0 Å². The van der Waals surface area contributed by atoms with Gasteiger partial charge in [-0.3, -0.25) is 0 Å². The SMILES string of the molecule is CCNC(c1cc(F)ccc1C)C1Cc2ccccc2O1. The molecule has 0 aromatic heterocycles. The molecule has 0 bridgehead atoms.